The molecule has 1 saturated heterocycles. The number of phenolic OH excluding ortho intramolecular Hbond substituents is 1. The zero-order valence-corrected chi connectivity index (χ0v) is 17.3. The maximum absolute atomic E-state index is 13.0. The first-order valence-electron chi connectivity index (χ1n) is 10.2. The molecule has 0 saturated carbocycles. The first-order chi connectivity index (χ1) is 13.4. The number of hydrogen-bond acceptors (Lipinski definition) is 3. The van der Waals surface area contributed by atoms with Gasteiger partial charge in [-0.05, 0) is 55.2 Å². The topological polar surface area (TPSA) is 57.0 Å². The molecule has 2 aromatic rings. The fourth-order valence-electron chi connectivity index (χ4n) is 3.91. The van der Waals surface area contributed by atoms with Crippen LogP contribution < -0.4 is 15.1 Å². The van der Waals surface area contributed by atoms with Crippen molar-refractivity contribution in [3.63, 3.8) is 0 Å². The standard InChI is InChI=1S/C23H31N3O2/c1-16(2)21-7-5-6-17(3)22(21)24-23(28)18(4)25-12-14-26(15-13-25)19-8-10-20(27)11-9-19/h5-11,16,18,27H,12-15H2,1-4H3,(H,24,28)/p+1/t18-/m0/s1. The van der Waals surface area contributed by atoms with Crippen molar-refractivity contribution in [2.45, 2.75) is 39.7 Å². The van der Waals surface area contributed by atoms with Crippen LogP contribution in [0.3, 0.4) is 0 Å². The molecule has 1 fully saturated rings. The molecule has 0 spiro atoms. The highest BCUT2D eigenvalue weighted by Gasteiger charge is 2.30. The van der Waals surface area contributed by atoms with E-state index in [0.29, 0.717) is 5.92 Å². The van der Waals surface area contributed by atoms with Crippen molar-refractivity contribution in [1.29, 1.82) is 0 Å². The van der Waals surface area contributed by atoms with Gasteiger partial charge in [0.25, 0.3) is 5.91 Å². The summed E-state index contributed by atoms with van der Waals surface area (Å²) in [6, 6.07) is 13.4. The zero-order valence-electron chi connectivity index (χ0n) is 17.3. The summed E-state index contributed by atoms with van der Waals surface area (Å²) < 4.78 is 0. The Hall–Kier alpha value is -2.53. The number of hydrogen-bond donors (Lipinski definition) is 3. The van der Waals surface area contributed by atoms with E-state index in [-0.39, 0.29) is 17.7 Å². The molecule has 150 valence electrons. The lowest BCUT2D eigenvalue weighted by atomic mass is 9.98. The van der Waals surface area contributed by atoms with Gasteiger partial charge in [-0.25, -0.2) is 0 Å². The second-order valence-electron chi connectivity index (χ2n) is 8.07. The highest BCUT2D eigenvalue weighted by Crippen LogP contribution is 2.27. The second kappa shape index (κ2) is 8.65. The maximum atomic E-state index is 13.0. The Labute approximate surface area is 168 Å². The molecule has 0 aromatic heterocycles. The summed E-state index contributed by atoms with van der Waals surface area (Å²) in [7, 11) is 0. The molecule has 3 N–H and O–H groups in total. The van der Waals surface area contributed by atoms with Gasteiger partial charge in [0.1, 0.15) is 5.75 Å². The van der Waals surface area contributed by atoms with Gasteiger partial charge in [-0.2, -0.15) is 0 Å². The van der Waals surface area contributed by atoms with Crippen molar-refractivity contribution in [2.75, 3.05) is 36.4 Å². The predicted octanol–water partition coefficient (Wildman–Crippen LogP) is 2.56. The van der Waals surface area contributed by atoms with Gasteiger partial charge in [-0.1, -0.05) is 32.0 Å². The van der Waals surface area contributed by atoms with Crippen molar-refractivity contribution in [3.05, 3.63) is 53.6 Å². The number of nitrogens with zero attached hydrogens (tertiary/aromatic N) is 1. The van der Waals surface area contributed by atoms with E-state index < -0.39 is 0 Å². The van der Waals surface area contributed by atoms with Gasteiger partial charge in [0.15, 0.2) is 6.04 Å². The average molecular weight is 383 g/mol. The molecule has 2 aromatic carbocycles. The SMILES string of the molecule is Cc1cccc(C(C)C)c1NC(=O)[C@H](C)[NH+]1CCN(c2ccc(O)cc2)CC1. The zero-order chi connectivity index (χ0) is 20.3. The third kappa shape index (κ3) is 4.47. The van der Waals surface area contributed by atoms with Gasteiger partial charge in [0, 0.05) is 11.4 Å². The van der Waals surface area contributed by atoms with E-state index in [4.69, 9.17) is 0 Å². The predicted molar refractivity (Wildman–Crippen MR) is 114 cm³/mol. The number of nitrogens with one attached hydrogen (secondary N) is 2. The van der Waals surface area contributed by atoms with E-state index in [1.165, 1.54) is 10.5 Å². The summed E-state index contributed by atoms with van der Waals surface area (Å²) in [4.78, 5) is 16.6. The Balaban J connectivity index is 1.62. The number of phenols is 1. The van der Waals surface area contributed by atoms with E-state index >= 15 is 0 Å². The van der Waals surface area contributed by atoms with Crippen molar-refractivity contribution in [2.24, 2.45) is 0 Å². The van der Waals surface area contributed by atoms with Crippen molar-refractivity contribution in [3.8, 4) is 5.75 Å². The Kier molecular flexibility index (Phi) is 6.25. The van der Waals surface area contributed by atoms with Gasteiger partial charge in [-0.3, -0.25) is 4.79 Å². The van der Waals surface area contributed by atoms with Gasteiger partial charge in [0.05, 0.1) is 26.2 Å². The van der Waals surface area contributed by atoms with E-state index in [2.05, 4.69) is 49.2 Å². The lowest BCUT2D eigenvalue weighted by Crippen LogP contribution is -3.19. The van der Waals surface area contributed by atoms with E-state index in [9.17, 15) is 9.90 Å². The molecule has 0 unspecified atom stereocenters. The van der Waals surface area contributed by atoms with Crippen LogP contribution in [0.15, 0.2) is 42.5 Å². The Morgan fingerprint density at radius 1 is 1.07 bits per heavy atom. The first-order valence-corrected chi connectivity index (χ1v) is 10.2. The lowest BCUT2D eigenvalue weighted by molar-refractivity contribution is -0.914. The number of aromatic hydroxyl groups is 1. The molecule has 3 rings (SSSR count). The molecule has 28 heavy (non-hydrogen) atoms. The third-order valence-electron chi connectivity index (χ3n) is 5.80. The largest absolute Gasteiger partial charge is 0.508 e. The Bertz CT molecular complexity index is 809. The fourth-order valence-corrected chi connectivity index (χ4v) is 3.91. The van der Waals surface area contributed by atoms with Crippen LogP contribution in [0, 0.1) is 6.92 Å². The summed E-state index contributed by atoms with van der Waals surface area (Å²) in [5.41, 5.74) is 4.39. The van der Waals surface area contributed by atoms with Gasteiger partial charge < -0.3 is 20.2 Å². The highest BCUT2D eigenvalue weighted by atomic mass is 16.3. The fraction of sp³-hybridized carbons (Fsp3) is 0.435. The number of rotatable bonds is 5. The average Bonchev–Trinajstić information content (AvgIpc) is 2.69. The molecule has 1 aliphatic rings. The number of quaternary nitrogens is 1. The third-order valence-corrected chi connectivity index (χ3v) is 5.80. The van der Waals surface area contributed by atoms with Crippen LogP contribution in [-0.4, -0.2) is 43.2 Å². The maximum Gasteiger partial charge on any atom is 0.282 e. The molecule has 0 aliphatic carbocycles. The second-order valence-corrected chi connectivity index (χ2v) is 8.07. The normalized spacial score (nSPS) is 16.2. The summed E-state index contributed by atoms with van der Waals surface area (Å²) in [6.45, 7) is 12.0. The van der Waals surface area contributed by atoms with Crippen molar-refractivity contribution >= 4 is 17.3 Å². The van der Waals surface area contributed by atoms with Crippen LogP contribution in [-0.2, 0) is 4.79 Å². The smallest absolute Gasteiger partial charge is 0.282 e. The minimum Gasteiger partial charge on any atom is -0.508 e. The lowest BCUT2D eigenvalue weighted by Gasteiger charge is -2.36. The van der Waals surface area contributed by atoms with E-state index in [0.717, 1.165) is 43.1 Å². The van der Waals surface area contributed by atoms with Gasteiger partial charge in [-0.15, -0.1) is 0 Å². The van der Waals surface area contributed by atoms with Crippen LogP contribution >= 0.6 is 0 Å². The minimum absolute atomic E-state index is 0.0873. The molecule has 1 heterocycles. The molecular weight excluding hydrogens is 350 g/mol. The summed E-state index contributed by atoms with van der Waals surface area (Å²) >= 11 is 0. The molecule has 1 aliphatic heterocycles. The molecule has 0 radical (unpaired) electrons. The number of aryl methyl sites for hydroxylation is 1. The molecule has 0 bridgehead atoms. The van der Waals surface area contributed by atoms with Crippen molar-refractivity contribution < 1.29 is 14.8 Å². The molecule has 5 nitrogen and oxygen atoms in total. The van der Waals surface area contributed by atoms with Crippen LogP contribution in [0.1, 0.15) is 37.8 Å². The Morgan fingerprint density at radius 3 is 2.32 bits per heavy atom. The monoisotopic (exact) mass is 382 g/mol. The number of benzene rings is 2. The molecule has 1 atom stereocenters. The minimum atomic E-state index is -0.0958. The van der Waals surface area contributed by atoms with Crippen LogP contribution in [0.4, 0.5) is 11.4 Å². The summed E-state index contributed by atoms with van der Waals surface area (Å²) in [5, 5.41) is 12.7. The molecular formula is C23H32N3O2+. The number of carbonyl (C=O) groups excluding carboxylic acids is 1. The molecule has 5 heteroatoms. The van der Waals surface area contributed by atoms with Crippen molar-refractivity contribution in [1.82, 2.24) is 0 Å². The van der Waals surface area contributed by atoms with E-state index in [1.807, 2.05) is 19.1 Å². The highest BCUT2D eigenvalue weighted by molar-refractivity contribution is 5.95. The quantitative estimate of drug-likeness (QED) is 0.745. The summed E-state index contributed by atoms with van der Waals surface area (Å²) in [6.07, 6.45) is 0. The Morgan fingerprint density at radius 2 is 1.71 bits per heavy atom. The first kappa shape index (κ1) is 20.2. The van der Waals surface area contributed by atoms with Crippen LogP contribution in [0.25, 0.3) is 0 Å². The number of amides is 1. The van der Waals surface area contributed by atoms with Crippen LogP contribution in [0.5, 0.6) is 5.75 Å². The van der Waals surface area contributed by atoms with Crippen LogP contribution in [0.2, 0.25) is 0 Å². The van der Waals surface area contributed by atoms with Gasteiger partial charge in [0.2, 0.25) is 0 Å². The number of carbonyl (C=O) groups is 1. The number of para-hydroxylation sites is 1. The van der Waals surface area contributed by atoms with E-state index in [1.54, 1.807) is 12.1 Å². The molecule has 1 amide bonds. The van der Waals surface area contributed by atoms with Gasteiger partial charge >= 0.3 is 0 Å². The summed E-state index contributed by atoms with van der Waals surface area (Å²) in [5.74, 6) is 0.742. The number of anilines is 2. The number of piperazine rings is 1.